The third-order valence-corrected chi connectivity index (χ3v) is 3.67. The molecule has 17 heavy (non-hydrogen) atoms. The van der Waals surface area contributed by atoms with Crippen molar-refractivity contribution in [1.29, 1.82) is 0 Å². The van der Waals surface area contributed by atoms with Crippen molar-refractivity contribution >= 4 is 29.9 Å². The SMILES string of the molecule is CCCCNC(N)=NCC(CC)(CC)CC.I. The van der Waals surface area contributed by atoms with Gasteiger partial charge in [-0.25, -0.2) is 0 Å². The Labute approximate surface area is 124 Å². The average Bonchev–Trinajstić information content (AvgIpc) is 2.32. The molecule has 0 fully saturated rings. The molecular formula is C13H30IN3. The van der Waals surface area contributed by atoms with Crippen LogP contribution in [-0.4, -0.2) is 19.0 Å². The first-order chi connectivity index (χ1) is 7.64. The topological polar surface area (TPSA) is 50.4 Å². The van der Waals surface area contributed by atoms with Gasteiger partial charge in [0.15, 0.2) is 5.96 Å². The zero-order valence-electron chi connectivity index (χ0n) is 11.9. The fourth-order valence-electron chi connectivity index (χ4n) is 1.79. The second-order valence-electron chi connectivity index (χ2n) is 4.54. The Morgan fingerprint density at radius 1 is 1.12 bits per heavy atom. The lowest BCUT2D eigenvalue weighted by atomic mass is 9.80. The van der Waals surface area contributed by atoms with Gasteiger partial charge in [-0.1, -0.05) is 34.1 Å². The number of nitrogens with zero attached hydrogens (tertiary/aromatic N) is 1. The lowest BCUT2D eigenvalue weighted by molar-refractivity contribution is 0.263. The molecule has 104 valence electrons. The van der Waals surface area contributed by atoms with Crippen molar-refractivity contribution in [2.24, 2.45) is 16.1 Å². The van der Waals surface area contributed by atoms with Crippen molar-refractivity contribution in [3.63, 3.8) is 0 Å². The molecule has 3 nitrogen and oxygen atoms in total. The quantitative estimate of drug-likeness (QED) is 0.303. The largest absolute Gasteiger partial charge is 0.370 e. The molecule has 0 spiro atoms. The van der Waals surface area contributed by atoms with Crippen LogP contribution in [0.2, 0.25) is 0 Å². The highest BCUT2D eigenvalue weighted by Crippen LogP contribution is 2.30. The number of nitrogens with two attached hydrogens (primary N) is 1. The van der Waals surface area contributed by atoms with Crippen LogP contribution in [0.1, 0.15) is 59.8 Å². The van der Waals surface area contributed by atoms with Gasteiger partial charge in [0, 0.05) is 13.1 Å². The van der Waals surface area contributed by atoms with Gasteiger partial charge in [-0.2, -0.15) is 0 Å². The third-order valence-electron chi connectivity index (χ3n) is 3.67. The summed E-state index contributed by atoms with van der Waals surface area (Å²) in [5, 5.41) is 3.16. The number of halogens is 1. The Morgan fingerprint density at radius 2 is 1.65 bits per heavy atom. The van der Waals surface area contributed by atoms with E-state index in [2.05, 4.69) is 38.0 Å². The van der Waals surface area contributed by atoms with E-state index >= 15 is 0 Å². The fourth-order valence-corrected chi connectivity index (χ4v) is 1.79. The Kier molecular flexibility index (Phi) is 12.6. The molecule has 3 N–H and O–H groups in total. The third kappa shape index (κ3) is 7.84. The second-order valence-corrected chi connectivity index (χ2v) is 4.54. The van der Waals surface area contributed by atoms with E-state index in [4.69, 9.17) is 5.73 Å². The molecule has 0 aliphatic heterocycles. The molecule has 0 unspecified atom stereocenters. The van der Waals surface area contributed by atoms with Crippen molar-refractivity contribution in [3.8, 4) is 0 Å². The van der Waals surface area contributed by atoms with Crippen molar-refractivity contribution in [2.75, 3.05) is 13.1 Å². The Balaban J connectivity index is 0. The number of hydrogen-bond donors (Lipinski definition) is 2. The Morgan fingerprint density at radius 3 is 2.06 bits per heavy atom. The number of guanidine groups is 1. The van der Waals surface area contributed by atoms with Crippen molar-refractivity contribution in [1.82, 2.24) is 5.32 Å². The molecular weight excluding hydrogens is 325 g/mol. The van der Waals surface area contributed by atoms with Gasteiger partial charge in [0.25, 0.3) is 0 Å². The summed E-state index contributed by atoms with van der Waals surface area (Å²) >= 11 is 0. The van der Waals surface area contributed by atoms with E-state index < -0.39 is 0 Å². The zero-order chi connectivity index (χ0) is 12.4. The summed E-state index contributed by atoms with van der Waals surface area (Å²) in [4.78, 5) is 4.46. The first kappa shape index (κ1) is 19.3. The minimum atomic E-state index is 0. The van der Waals surface area contributed by atoms with Crippen LogP contribution in [-0.2, 0) is 0 Å². The minimum absolute atomic E-state index is 0. The number of rotatable bonds is 8. The highest BCUT2D eigenvalue weighted by molar-refractivity contribution is 14.0. The monoisotopic (exact) mass is 355 g/mol. The van der Waals surface area contributed by atoms with E-state index in [0.717, 1.165) is 19.5 Å². The smallest absolute Gasteiger partial charge is 0.188 e. The van der Waals surface area contributed by atoms with Crippen LogP contribution in [0.5, 0.6) is 0 Å². The van der Waals surface area contributed by atoms with Crippen molar-refractivity contribution < 1.29 is 0 Å². The molecule has 4 heteroatoms. The summed E-state index contributed by atoms with van der Waals surface area (Å²) < 4.78 is 0. The van der Waals surface area contributed by atoms with Gasteiger partial charge in [0.2, 0.25) is 0 Å². The number of nitrogens with one attached hydrogen (secondary N) is 1. The lowest BCUT2D eigenvalue weighted by Crippen LogP contribution is -2.34. The molecule has 0 aromatic rings. The van der Waals surface area contributed by atoms with E-state index in [1.807, 2.05) is 0 Å². The van der Waals surface area contributed by atoms with Crippen LogP contribution in [0.3, 0.4) is 0 Å². The lowest BCUT2D eigenvalue weighted by Gasteiger charge is -2.28. The normalized spacial score (nSPS) is 12.1. The van der Waals surface area contributed by atoms with Gasteiger partial charge in [-0.3, -0.25) is 4.99 Å². The van der Waals surface area contributed by atoms with E-state index in [-0.39, 0.29) is 24.0 Å². The van der Waals surface area contributed by atoms with Crippen molar-refractivity contribution in [3.05, 3.63) is 0 Å². The van der Waals surface area contributed by atoms with Crippen molar-refractivity contribution in [2.45, 2.75) is 59.8 Å². The zero-order valence-corrected chi connectivity index (χ0v) is 14.2. The molecule has 0 amide bonds. The molecule has 0 aromatic carbocycles. The summed E-state index contributed by atoms with van der Waals surface area (Å²) in [6.07, 6.45) is 5.85. The van der Waals surface area contributed by atoms with Gasteiger partial charge in [-0.15, -0.1) is 24.0 Å². The molecule has 0 radical (unpaired) electrons. The summed E-state index contributed by atoms with van der Waals surface area (Å²) in [6, 6.07) is 0. The summed E-state index contributed by atoms with van der Waals surface area (Å²) in [7, 11) is 0. The predicted molar refractivity (Wildman–Crippen MR) is 88.1 cm³/mol. The number of unbranched alkanes of at least 4 members (excludes halogenated alkanes) is 1. The maximum absolute atomic E-state index is 5.82. The molecule has 0 bridgehead atoms. The fraction of sp³-hybridized carbons (Fsp3) is 0.923. The highest BCUT2D eigenvalue weighted by atomic mass is 127. The Hall–Kier alpha value is 0. The van der Waals surface area contributed by atoms with Crippen LogP contribution in [0.15, 0.2) is 4.99 Å². The van der Waals surface area contributed by atoms with Crippen LogP contribution in [0, 0.1) is 5.41 Å². The number of hydrogen-bond acceptors (Lipinski definition) is 1. The van der Waals surface area contributed by atoms with E-state index in [0.29, 0.717) is 11.4 Å². The molecule has 0 atom stereocenters. The number of aliphatic imine (C=N–C) groups is 1. The second kappa shape index (κ2) is 11.1. The van der Waals surface area contributed by atoms with E-state index in [1.165, 1.54) is 25.7 Å². The summed E-state index contributed by atoms with van der Waals surface area (Å²) in [5.74, 6) is 0.605. The van der Waals surface area contributed by atoms with Gasteiger partial charge in [0.1, 0.15) is 0 Å². The maximum Gasteiger partial charge on any atom is 0.188 e. The molecule has 0 rings (SSSR count). The first-order valence-electron chi connectivity index (χ1n) is 6.67. The van der Waals surface area contributed by atoms with Gasteiger partial charge >= 0.3 is 0 Å². The molecule has 0 aliphatic carbocycles. The first-order valence-corrected chi connectivity index (χ1v) is 6.67. The molecule has 0 saturated carbocycles. The summed E-state index contributed by atoms with van der Waals surface area (Å²) in [6.45, 7) is 10.7. The van der Waals surface area contributed by atoms with E-state index in [9.17, 15) is 0 Å². The van der Waals surface area contributed by atoms with E-state index in [1.54, 1.807) is 0 Å². The molecule has 0 heterocycles. The standard InChI is InChI=1S/C13H29N3.HI/c1-5-9-10-15-12(14)16-11-13(6-2,7-3)8-4;/h5-11H2,1-4H3,(H3,14,15,16);1H. The average molecular weight is 355 g/mol. The Bertz CT molecular complexity index is 193. The van der Waals surface area contributed by atoms with Crippen LogP contribution in [0.4, 0.5) is 0 Å². The summed E-state index contributed by atoms with van der Waals surface area (Å²) in [5.41, 5.74) is 6.17. The maximum atomic E-state index is 5.82. The predicted octanol–water partition coefficient (Wildman–Crippen LogP) is 3.53. The highest BCUT2D eigenvalue weighted by Gasteiger charge is 2.23. The molecule has 0 saturated heterocycles. The molecule has 0 aromatic heterocycles. The van der Waals surface area contributed by atoms with Gasteiger partial charge < -0.3 is 11.1 Å². The molecule has 0 aliphatic rings. The van der Waals surface area contributed by atoms with Crippen LogP contribution < -0.4 is 11.1 Å². The minimum Gasteiger partial charge on any atom is -0.370 e. The van der Waals surface area contributed by atoms with Crippen LogP contribution >= 0.6 is 24.0 Å². The van der Waals surface area contributed by atoms with Gasteiger partial charge in [0.05, 0.1) is 0 Å². The van der Waals surface area contributed by atoms with Crippen LogP contribution in [0.25, 0.3) is 0 Å². The van der Waals surface area contributed by atoms with Gasteiger partial charge in [-0.05, 0) is 31.1 Å².